The van der Waals surface area contributed by atoms with Gasteiger partial charge in [0.05, 0.1) is 30.4 Å². The predicted octanol–water partition coefficient (Wildman–Crippen LogP) is 3.83. The van der Waals surface area contributed by atoms with E-state index in [2.05, 4.69) is 4.99 Å². The van der Waals surface area contributed by atoms with Gasteiger partial charge in [0, 0.05) is 17.7 Å². The van der Waals surface area contributed by atoms with E-state index in [-0.39, 0.29) is 23.5 Å². The number of thiophene rings is 1. The fraction of sp³-hybridized carbons (Fsp3) is 0.250. The predicted molar refractivity (Wildman–Crippen MR) is 83.2 cm³/mol. The summed E-state index contributed by atoms with van der Waals surface area (Å²) in [6.45, 7) is 1.82. The molecule has 0 atom stereocenters. The van der Waals surface area contributed by atoms with Crippen LogP contribution in [-0.4, -0.2) is 25.7 Å². The average Bonchev–Trinajstić information content (AvgIpc) is 3.10. The molecule has 1 aromatic heterocycles. The zero-order valence-electron chi connectivity index (χ0n) is 12.4. The highest BCUT2D eigenvalue weighted by Crippen LogP contribution is 2.38. The molecule has 0 bridgehead atoms. The third-order valence-electron chi connectivity index (χ3n) is 3.48. The topological polar surface area (TPSA) is 47.9 Å². The minimum absolute atomic E-state index is 0.00253. The van der Waals surface area contributed by atoms with Gasteiger partial charge in [-0.15, -0.1) is 0 Å². The summed E-state index contributed by atoms with van der Waals surface area (Å²) in [6, 6.07) is 3.38. The molecule has 3 rings (SSSR count). The highest BCUT2D eigenvalue weighted by Gasteiger charge is 2.34. The van der Waals surface area contributed by atoms with Crippen molar-refractivity contribution in [2.75, 3.05) is 14.2 Å². The lowest BCUT2D eigenvalue weighted by Gasteiger charge is -2.19. The Labute approximate surface area is 131 Å². The third kappa shape index (κ3) is 2.29. The number of rotatable bonds is 4. The molecule has 1 aromatic rings. The highest BCUT2D eigenvalue weighted by molar-refractivity contribution is 7.16. The number of methoxy groups -OCH3 is 2. The number of halogens is 1. The van der Waals surface area contributed by atoms with Crippen molar-refractivity contribution in [1.29, 1.82) is 0 Å². The van der Waals surface area contributed by atoms with Crippen LogP contribution in [0.15, 0.2) is 51.6 Å². The van der Waals surface area contributed by atoms with E-state index in [1.54, 1.807) is 18.2 Å². The van der Waals surface area contributed by atoms with Gasteiger partial charge in [-0.05, 0) is 25.1 Å². The third-order valence-corrected chi connectivity index (χ3v) is 4.52. The lowest BCUT2D eigenvalue weighted by Crippen LogP contribution is -2.18. The molecule has 0 spiro atoms. The Morgan fingerprint density at radius 3 is 2.73 bits per heavy atom. The first-order valence-corrected chi connectivity index (χ1v) is 7.48. The number of hydrogen-bond acceptors (Lipinski definition) is 5. The Hall–Kier alpha value is -2.21. The summed E-state index contributed by atoms with van der Waals surface area (Å²) < 4.78 is 24.5. The number of ketones is 1. The number of aliphatic imine (C=N–C) groups is 1. The second-order valence-corrected chi connectivity index (χ2v) is 5.95. The monoisotopic (exact) mass is 319 g/mol. The van der Waals surface area contributed by atoms with Crippen LogP contribution in [0.5, 0.6) is 5.06 Å². The molecule has 1 aliphatic carbocycles. The normalized spacial score (nSPS) is 17.3. The van der Waals surface area contributed by atoms with Crippen LogP contribution in [0, 0.1) is 0 Å². The summed E-state index contributed by atoms with van der Waals surface area (Å²) in [4.78, 5) is 17.6. The van der Waals surface area contributed by atoms with Crippen molar-refractivity contribution in [3.63, 3.8) is 0 Å². The van der Waals surface area contributed by atoms with Gasteiger partial charge in [0.25, 0.3) is 0 Å². The van der Waals surface area contributed by atoms with E-state index in [1.165, 1.54) is 25.6 Å². The number of Topliss-reactive ketones (excluding diaryl/α,β-unsaturated/α-hetero) is 1. The Kier molecular flexibility index (Phi) is 3.70. The zero-order chi connectivity index (χ0) is 15.9. The highest BCUT2D eigenvalue weighted by atomic mass is 32.1. The first-order chi connectivity index (χ1) is 10.5. The van der Waals surface area contributed by atoms with Gasteiger partial charge in [-0.3, -0.25) is 9.79 Å². The molecule has 114 valence electrons. The standard InChI is InChI=1S/C16H14FNO3S/c1-8-6-9-11(18-8)7-10(17)16(21-3)14(9)15(19)12-4-5-13(20-2)22-12/h4-6H,7H2,1-3H3. The number of carbonyl (C=O) groups excluding carboxylic acids is 1. The summed E-state index contributed by atoms with van der Waals surface area (Å²) in [5.41, 5.74) is 2.20. The maximum absolute atomic E-state index is 14.3. The minimum Gasteiger partial charge on any atom is -0.493 e. The summed E-state index contributed by atoms with van der Waals surface area (Å²) in [7, 11) is 2.90. The summed E-state index contributed by atoms with van der Waals surface area (Å²) in [5.74, 6) is -0.758. The average molecular weight is 319 g/mol. The van der Waals surface area contributed by atoms with Crippen LogP contribution in [0.1, 0.15) is 23.0 Å². The molecular weight excluding hydrogens is 305 g/mol. The van der Waals surface area contributed by atoms with Gasteiger partial charge in [-0.25, -0.2) is 4.39 Å². The van der Waals surface area contributed by atoms with Crippen molar-refractivity contribution in [3.8, 4) is 5.06 Å². The minimum atomic E-state index is -0.472. The van der Waals surface area contributed by atoms with Gasteiger partial charge in [0.2, 0.25) is 5.78 Å². The molecule has 0 saturated carbocycles. The number of fused-ring (bicyclic) bond motifs is 1. The van der Waals surface area contributed by atoms with Crippen LogP contribution in [-0.2, 0) is 4.74 Å². The van der Waals surface area contributed by atoms with Crippen molar-refractivity contribution < 1.29 is 18.7 Å². The Morgan fingerprint density at radius 2 is 2.09 bits per heavy atom. The number of allylic oxidation sites excluding steroid dienone is 5. The number of hydrogen-bond donors (Lipinski definition) is 0. The van der Waals surface area contributed by atoms with E-state index in [0.29, 0.717) is 21.2 Å². The van der Waals surface area contributed by atoms with Gasteiger partial charge in [0.15, 0.2) is 10.8 Å². The Bertz CT molecular complexity index is 783. The van der Waals surface area contributed by atoms with Gasteiger partial charge >= 0.3 is 0 Å². The van der Waals surface area contributed by atoms with E-state index in [4.69, 9.17) is 9.47 Å². The molecule has 1 aliphatic heterocycles. The fourth-order valence-corrected chi connectivity index (χ4v) is 3.31. The van der Waals surface area contributed by atoms with Crippen molar-refractivity contribution >= 4 is 22.8 Å². The van der Waals surface area contributed by atoms with Crippen LogP contribution in [0.3, 0.4) is 0 Å². The number of ether oxygens (including phenoxy) is 2. The van der Waals surface area contributed by atoms with Crippen molar-refractivity contribution in [2.24, 2.45) is 4.99 Å². The maximum atomic E-state index is 14.3. The molecule has 0 saturated heterocycles. The van der Waals surface area contributed by atoms with Crippen LogP contribution < -0.4 is 4.74 Å². The SMILES string of the molecule is COC1=C(F)CC2=NC(C)=CC2=C1C(=O)c1ccc(OC)s1. The van der Waals surface area contributed by atoms with E-state index < -0.39 is 5.83 Å². The molecule has 0 unspecified atom stereocenters. The zero-order valence-corrected chi connectivity index (χ0v) is 13.2. The molecule has 2 heterocycles. The van der Waals surface area contributed by atoms with Gasteiger partial charge in [0.1, 0.15) is 5.83 Å². The number of nitrogens with zero attached hydrogens (tertiary/aromatic N) is 1. The van der Waals surface area contributed by atoms with E-state index >= 15 is 0 Å². The second kappa shape index (κ2) is 5.53. The number of carbonyl (C=O) groups is 1. The molecule has 2 aliphatic rings. The molecular formula is C16H14FNO3S. The molecule has 0 amide bonds. The van der Waals surface area contributed by atoms with E-state index in [9.17, 15) is 9.18 Å². The first-order valence-electron chi connectivity index (χ1n) is 6.67. The molecule has 6 heteroatoms. The van der Waals surface area contributed by atoms with E-state index in [1.807, 2.05) is 6.92 Å². The smallest absolute Gasteiger partial charge is 0.207 e. The summed E-state index contributed by atoms with van der Waals surface area (Å²) >= 11 is 1.22. The molecule has 4 nitrogen and oxygen atoms in total. The molecule has 0 N–H and O–H groups in total. The largest absolute Gasteiger partial charge is 0.493 e. The lowest BCUT2D eigenvalue weighted by atomic mass is 9.91. The van der Waals surface area contributed by atoms with Gasteiger partial charge in [-0.2, -0.15) is 0 Å². The van der Waals surface area contributed by atoms with Crippen molar-refractivity contribution in [1.82, 2.24) is 0 Å². The fourth-order valence-electron chi connectivity index (χ4n) is 2.55. The molecule has 0 radical (unpaired) electrons. The first kappa shape index (κ1) is 14.7. The Morgan fingerprint density at radius 1 is 1.32 bits per heavy atom. The van der Waals surface area contributed by atoms with Crippen LogP contribution in [0.25, 0.3) is 0 Å². The van der Waals surface area contributed by atoms with Crippen LogP contribution >= 0.6 is 11.3 Å². The van der Waals surface area contributed by atoms with Gasteiger partial charge < -0.3 is 9.47 Å². The van der Waals surface area contributed by atoms with Crippen LogP contribution in [0.4, 0.5) is 4.39 Å². The van der Waals surface area contributed by atoms with Crippen molar-refractivity contribution in [3.05, 3.63) is 51.5 Å². The van der Waals surface area contributed by atoms with Crippen molar-refractivity contribution in [2.45, 2.75) is 13.3 Å². The quantitative estimate of drug-likeness (QED) is 0.793. The lowest BCUT2D eigenvalue weighted by molar-refractivity contribution is 0.102. The maximum Gasteiger partial charge on any atom is 0.207 e. The van der Waals surface area contributed by atoms with Gasteiger partial charge in [-0.1, -0.05) is 11.3 Å². The second-order valence-electron chi connectivity index (χ2n) is 4.90. The molecule has 0 aromatic carbocycles. The van der Waals surface area contributed by atoms with Crippen LogP contribution in [0.2, 0.25) is 0 Å². The summed E-state index contributed by atoms with van der Waals surface area (Å²) in [6.07, 6.45) is 1.84. The van der Waals surface area contributed by atoms with E-state index in [0.717, 1.165) is 5.70 Å². The Balaban J connectivity index is 2.13. The summed E-state index contributed by atoms with van der Waals surface area (Å²) in [5, 5.41) is 0.625. The molecule has 22 heavy (non-hydrogen) atoms. The molecule has 0 fully saturated rings.